The van der Waals surface area contributed by atoms with Gasteiger partial charge in [0.1, 0.15) is 5.94 Å². The molecule has 0 spiro atoms. The average Bonchev–Trinajstić information content (AvgIpc) is 1.68. The molecular formula is C7H10O. The third-order valence-corrected chi connectivity index (χ3v) is 0.891. The standard InChI is InChI=1S/C7H10O/c1-3-4-7(2)5-6-8/h3,5,7H,1,4H2,2H3. The number of rotatable bonds is 3. The second-order valence-corrected chi connectivity index (χ2v) is 1.79. The fourth-order valence-corrected chi connectivity index (χ4v) is 0.447. The van der Waals surface area contributed by atoms with Crippen LogP contribution in [-0.2, 0) is 4.79 Å². The molecule has 0 aromatic heterocycles. The molecule has 0 bridgehead atoms. The van der Waals surface area contributed by atoms with Crippen LogP contribution in [-0.4, -0.2) is 5.94 Å². The van der Waals surface area contributed by atoms with Crippen LogP contribution in [0, 0.1) is 5.92 Å². The Morgan fingerprint density at radius 1 is 1.88 bits per heavy atom. The lowest BCUT2D eigenvalue weighted by molar-refractivity contribution is 0.565. The molecule has 0 N–H and O–H groups in total. The largest absolute Gasteiger partial charge is 0.234 e. The van der Waals surface area contributed by atoms with Gasteiger partial charge in [0.25, 0.3) is 0 Å². The molecular weight excluding hydrogens is 100 g/mol. The van der Waals surface area contributed by atoms with Crippen LogP contribution in [0.2, 0.25) is 0 Å². The van der Waals surface area contributed by atoms with Crippen LogP contribution in [0.25, 0.3) is 0 Å². The molecule has 0 rings (SSSR count). The van der Waals surface area contributed by atoms with Crippen molar-refractivity contribution in [3.8, 4) is 0 Å². The van der Waals surface area contributed by atoms with Crippen LogP contribution < -0.4 is 0 Å². The lowest BCUT2D eigenvalue weighted by atomic mass is 10.1. The van der Waals surface area contributed by atoms with Gasteiger partial charge in [-0.3, -0.25) is 0 Å². The maximum absolute atomic E-state index is 9.68. The van der Waals surface area contributed by atoms with Crippen LogP contribution in [0.1, 0.15) is 13.3 Å². The maximum Gasteiger partial charge on any atom is 0.120 e. The summed E-state index contributed by atoms with van der Waals surface area (Å²) in [4.78, 5) is 9.68. The van der Waals surface area contributed by atoms with Gasteiger partial charge in [0.2, 0.25) is 0 Å². The summed E-state index contributed by atoms with van der Waals surface area (Å²) >= 11 is 0. The predicted molar refractivity (Wildman–Crippen MR) is 34.2 cm³/mol. The van der Waals surface area contributed by atoms with E-state index in [1.54, 1.807) is 12.0 Å². The van der Waals surface area contributed by atoms with Crippen LogP contribution in [0.4, 0.5) is 0 Å². The third-order valence-electron chi connectivity index (χ3n) is 0.891. The van der Waals surface area contributed by atoms with E-state index in [-0.39, 0.29) is 0 Å². The van der Waals surface area contributed by atoms with E-state index in [1.807, 2.05) is 6.92 Å². The quantitative estimate of drug-likeness (QED) is 0.398. The van der Waals surface area contributed by atoms with E-state index in [1.165, 1.54) is 6.08 Å². The average molecular weight is 110 g/mol. The molecule has 1 atom stereocenters. The van der Waals surface area contributed by atoms with E-state index >= 15 is 0 Å². The Hall–Kier alpha value is -0.810. The van der Waals surface area contributed by atoms with Crippen molar-refractivity contribution in [1.29, 1.82) is 0 Å². The van der Waals surface area contributed by atoms with Gasteiger partial charge >= 0.3 is 0 Å². The summed E-state index contributed by atoms with van der Waals surface area (Å²) in [5.41, 5.74) is 0. The normalized spacial score (nSPS) is 11.6. The van der Waals surface area contributed by atoms with Gasteiger partial charge in [-0.2, -0.15) is 0 Å². The summed E-state index contributed by atoms with van der Waals surface area (Å²) in [6.07, 6.45) is 4.15. The fraction of sp³-hybridized carbons (Fsp3) is 0.429. The zero-order valence-corrected chi connectivity index (χ0v) is 5.05. The molecule has 44 valence electrons. The van der Waals surface area contributed by atoms with Gasteiger partial charge in [0.05, 0.1) is 0 Å². The molecule has 0 aliphatic heterocycles. The van der Waals surface area contributed by atoms with Crippen molar-refractivity contribution < 1.29 is 4.79 Å². The molecule has 0 saturated heterocycles. The summed E-state index contributed by atoms with van der Waals surface area (Å²) in [5.74, 6) is 2.03. The minimum absolute atomic E-state index is 0.296. The summed E-state index contributed by atoms with van der Waals surface area (Å²) in [7, 11) is 0. The highest BCUT2D eigenvalue weighted by Gasteiger charge is 1.89. The van der Waals surface area contributed by atoms with E-state index in [9.17, 15) is 4.79 Å². The zero-order valence-electron chi connectivity index (χ0n) is 5.05. The second kappa shape index (κ2) is 4.35. The molecule has 0 saturated carbocycles. The third kappa shape index (κ3) is 3.38. The summed E-state index contributed by atoms with van der Waals surface area (Å²) in [6.45, 7) is 5.48. The van der Waals surface area contributed by atoms with E-state index in [0.29, 0.717) is 5.92 Å². The van der Waals surface area contributed by atoms with Crippen molar-refractivity contribution in [2.75, 3.05) is 0 Å². The van der Waals surface area contributed by atoms with Gasteiger partial charge in [0, 0.05) is 6.08 Å². The Morgan fingerprint density at radius 2 is 2.50 bits per heavy atom. The predicted octanol–water partition coefficient (Wildman–Crippen LogP) is 1.59. The van der Waals surface area contributed by atoms with Crippen molar-refractivity contribution in [2.45, 2.75) is 13.3 Å². The van der Waals surface area contributed by atoms with Gasteiger partial charge < -0.3 is 0 Å². The van der Waals surface area contributed by atoms with Crippen molar-refractivity contribution in [1.82, 2.24) is 0 Å². The highest BCUT2D eigenvalue weighted by Crippen LogP contribution is 2.00. The van der Waals surface area contributed by atoms with Gasteiger partial charge in [-0.1, -0.05) is 13.0 Å². The lowest BCUT2D eigenvalue weighted by Crippen LogP contribution is -1.84. The Kier molecular flexibility index (Phi) is 3.91. The minimum atomic E-state index is 0.296. The molecule has 8 heavy (non-hydrogen) atoms. The molecule has 1 unspecified atom stereocenters. The highest BCUT2D eigenvalue weighted by molar-refractivity contribution is 5.45. The maximum atomic E-state index is 9.68. The summed E-state index contributed by atoms with van der Waals surface area (Å²) in [5, 5.41) is 0. The zero-order chi connectivity index (χ0) is 6.41. The number of hydrogen-bond donors (Lipinski definition) is 0. The first-order valence-electron chi connectivity index (χ1n) is 2.63. The molecule has 0 aromatic rings. The highest BCUT2D eigenvalue weighted by atomic mass is 16.1. The van der Waals surface area contributed by atoms with Gasteiger partial charge in [-0.25, -0.2) is 4.79 Å². The van der Waals surface area contributed by atoms with Crippen LogP contribution in [0.15, 0.2) is 18.7 Å². The topological polar surface area (TPSA) is 17.1 Å². The second-order valence-electron chi connectivity index (χ2n) is 1.79. The van der Waals surface area contributed by atoms with E-state index in [2.05, 4.69) is 6.58 Å². The van der Waals surface area contributed by atoms with E-state index < -0.39 is 0 Å². The molecule has 0 fully saturated rings. The molecule has 0 aliphatic rings. The first-order chi connectivity index (χ1) is 3.81. The fourth-order valence-electron chi connectivity index (χ4n) is 0.447. The molecule has 1 heteroatoms. The number of carbonyl (C=O) groups excluding carboxylic acids is 1. The summed E-state index contributed by atoms with van der Waals surface area (Å²) < 4.78 is 0. The Bertz CT molecular complexity index is 110. The molecule has 0 aliphatic carbocycles. The Labute approximate surface area is 49.7 Å². The van der Waals surface area contributed by atoms with Crippen molar-refractivity contribution >= 4 is 5.94 Å². The smallest absolute Gasteiger partial charge is 0.120 e. The molecule has 0 radical (unpaired) electrons. The van der Waals surface area contributed by atoms with Crippen molar-refractivity contribution in [3.05, 3.63) is 18.7 Å². The van der Waals surface area contributed by atoms with E-state index in [4.69, 9.17) is 0 Å². The number of hydrogen-bond acceptors (Lipinski definition) is 1. The van der Waals surface area contributed by atoms with E-state index in [0.717, 1.165) is 6.42 Å². The summed E-state index contributed by atoms with van der Waals surface area (Å²) in [6, 6.07) is 0. The van der Waals surface area contributed by atoms with Crippen LogP contribution in [0.3, 0.4) is 0 Å². The molecule has 1 nitrogen and oxygen atoms in total. The Balaban J connectivity index is 3.46. The van der Waals surface area contributed by atoms with Gasteiger partial charge in [-0.05, 0) is 12.3 Å². The monoisotopic (exact) mass is 110 g/mol. The van der Waals surface area contributed by atoms with Crippen molar-refractivity contribution in [2.24, 2.45) is 5.92 Å². The first-order valence-corrected chi connectivity index (χ1v) is 2.63. The first kappa shape index (κ1) is 7.19. The molecule has 0 aromatic carbocycles. The molecule has 0 amide bonds. The lowest BCUT2D eigenvalue weighted by Gasteiger charge is -1.93. The van der Waals surface area contributed by atoms with Crippen molar-refractivity contribution in [3.63, 3.8) is 0 Å². The number of allylic oxidation sites excluding steroid dienone is 2. The SMILES string of the molecule is C=CCC(C)C=C=O. The minimum Gasteiger partial charge on any atom is -0.234 e. The molecule has 0 heterocycles. The van der Waals surface area contributed by atoms with Crippen LogP contribution >= 0.6 is 0 Å². The van der Waals surface area contributed by atoms with Gasteiger partial charge in [-0.15, -0.1) is 6.58 Å². The Morgan fingerprint density at radius 3 is 2.88 bits per heavy atom. The van der Waals surface area contributed by atoms with Crippen LogP contribution in [0.5, 0.6) is 0 Å². The van der Waals surface area contributed by atoms with Gasteiger partial charge in [0.15, 0.2) is 0 Å².